The van der Waals surface area contributed by atoms with Crippen molar-refractivity contribution in [1.29, 1.82) is 0 Å². The second-order valence-corrected chi connectivity index (χ2v) is 4.19. The molecule has 0 unspecified atom stereocenters. The lowest BCUT2D eigenvalue weighted by molar-refractivity contribution is -0.150. The normalized spacial score (nSPS) is 16.3. The number of carbonyl (C=O) groups excluding carboxylic acids is 3. The highest BCUT2D eigenvalue weighted by Gasteiger charge is 2.10. The van der Waals surface area contributed by atoms with E-state index in [1.807, 2.05) is 0 Å². The maximum atomic E-state index is 10.5. The van der Waals surface area contributed by atoms with E-state index < -0.39 is 17.9 Å². The molecule has 0 saturated carbocycles. The van der Waals surface area contributed by atoms with Crippen LogP contribution >= 0.6 is 0 Å². The molecule has 0 aromatic carbocycles. The summed E-state index contributed by atoms with van der Waals surface area (Å²) in [5.74, 6) is -2.12. The van der Waals surface area contributed by atoms with Gasteiger partial charge in [-0.2, -0.15) is 0 Å². The summed E-state index contributed by atoms with van der Waals surface area (Å²) in [7, 11) is 0. The van der Waals surface area contributed by atoms with E-state index in [0.717, 1.165) is 31.4 Å². The van der Waals surface area contributed by atoms with Crippen molar-refractivity contribution in [2.45, 2.75) is 32.6 Å². The predicted octanol–water partition coefficient (Wildman–Crippen LogP) is 1.38. The van der Waals surface area contributed by atoms with Crippen molar-refractivity contribution >= 4 is 23.9 Å². The molecule has 2 rings (SSSR count). The fourth-order valence-electron chi connectivity index (χ4n) is 1.11. The van der Waals surface area contributed by atoms with E-state index in [2.05, 4.69) is 11.3 Å². The van der Waals surface area contributed by atoms with E-state index in [9.17, 15) is 19.2 Å². The molecule has 1 N–H and O–H groups in total. The van der Waals surface area contributed by atoms with Gasteiger partial charge in [-0.1, -0.05) is 6.58 Å². The van der Waals surface area contributed by atoms with E-state index in [4.69, 9.17) is 9.84 Å². The maximum absolute atomic E-state index is 10.5. The maximum Gasteiger partial charge on any atom is 0.338 e. The van der Waals surface area contributed by atoms with E-state index in [1.54, 1.807) is 0 Å². The summed E-state index contributed by atoms with van der Waals surface area (Å²) in [5, 5.41) is 7.89. The second kappa shape index (κ2) is 10.4. The third kappa shape index (κ3) is 11.1. The summed E-state index contributed by atoms with van der Waals surface area (Å²) in [4.78, 5) is 39.9. The van der Waals surface area contributed by atoms with E-state index in [0.29, 0.717) is 13.0 Å². The molecule has 0 atom stereocenters. The van der Waals surface area contributed by atoms with Crippen LogP contribution in [0, 0.1) is 0 Å². The molecule has 0 amide bonds. The van der Waals surface area contributed by atoms with Crippen molar-refractivity contribution < 1.29 is 33.8 Å². The molecular formula is C14H18O7. The van der Waals surface area contributed by atoms with Gasteiger partial charge in [0, 0.05) is 24.1 Å². The fraction of sp³-hybridized carbons (Fsp3) is 0.429. The van der Waals surface area contributed by atoms with Gasteiger partial charge in [-0.15, -0.1) is 0 Å². The number of aliphatic carboxylic acids is 1. The zero-order valence-electron chi connectivity index (χ0n) is 11.8. The van der Waals surface area contributed by atoms with Gasteiger partial charge in [0.05, 0.1) is 6.61 Å². The Morgan fingerprint density at radius 2 is 1.67 bits per heavy atom. The lowest BCUT2D eigenvalue weighted by Crippen LogP contribution is -2.00. The highest BCUT2D eigenvalue weighted by molar-refractivity contribution is 6.04. The number of rotatable bonds is 1. The van der Waals surface area contributed by atoms with Gasteiger partial charge in [-0.05, 0) is 26.2 Å². The first-order valence-electron chi connectivity index (χ1n) is 6.31. The van der Waals surface area contributed by atoms with Gasteiger partial charge >= 0.3 is 23.9 Å². The summed E-state index contributed by atoms with van der Waals surface area (Å²) in [6, 6.07) is 0. The van der Waals surface area contributed by atoms with Crippen molar-refractivity contribution in [2.75, 3.05) is 6.61 Å². The third-order valence-electron chi connectivity index (χ3n) is 2.21. The average molecular weight is 298 g/mol. The Morgan fingerprint density at radius 3 is 2.05 bits per heavy atom. The number of hydrogen-bond acceptors (Lipinski definition) is 6. The molecule has 0 radical (unpaired) electrons. The molecule has 116 valence electrons. The Labute approximate surface area is 122 Å². The molecule has 0 aromatic rings. The van der Waals surface area contributed by atoms with Crippen molar-refractivity contribution in [3.63, 3.8) is 0 Å². The molecule has 0 spiro atoms. The topological polar surface area (TPSA) is 107 Å². The van der Waals surface area contributed by atoms with Crippen molar-refractivity contribution in [3.8, 4) is 0 Å². The van der Waals surface area contributed by atoms with E-state index in [1.165, 1.54) is 6.92 Å². The summed E-state index contributed by atoms with van der Waals surface area (Å²) < 4.78 is 8.74. The zero-order valence-corrected chi connectivity index (χ0v) is 11.8. The summed E-state index contributed by atoms with van der Waals surface area (Å²) in [5.41, 5.74) is 0.176. The highest BCUT2D eigenvalue weighted by atomic mass is 16.6. The molecule has 0 aliphatic carbocycles. The van der Waals surface area contributed by atoms with E-state index >= 15 is 0 Å². The Morgan fingerprint density at radius 1 is 1.14 bits per heavy atom. The Kier molecular flexibility index (Phi) is 9.16. The van der Waals surface area contributed by atoms with Crippen LogP contribution < -0.4 is 0 Å². The second-order valence-electron chi connectivity index (χ2n) is 4.19. The summed E-state index contributed by atoms with van der Waals surface area (Å²) >= 11 is 0. The average Bonchev–Trinajstić information content (AvgIpc) is 2.64. The fourth-order valence-corrected chi connectivity index (χ4v) is 1.11. The highest BCUT2D eigenvalue weighted by Crippen LogP contribution is 2.06. The lowest BCUT2D eigenvalue weighted by atomic mass is 10.2. The number of hydrogen-bond donors (Lipinski definition) is 1. The monoisotopic (exact) mass is 298 g/mol. The van der Waals surface area contributed by atoms with Crippen LogP contribution in [0.2, 0.25) is 0 Å². The van der Waals surface area contributed by atoms with Crippen LogP contribution in [0.1, 0.15) is 32.6 Å². The molecule has 2 heterocycles. The molecule has 7 heteroatoms. The summed E-state index contributed by atoms with van der Waals surface area (Å²) in [6.07, 6.45) is 6.00. The van der Waals surface area contributed by atoms with Crippen molar-refractivity contribution in [2.24, 2.45) is 0 Å². The Hall–Kier alpha value is -2.44. The van der Waals surface area contributed by atoms with Gasteiger partial charge in [0.2, 0.25) is 0 Å². The predicted molar refractivity (Wildman–Crippen MR) is 72.1 cm³/mol. The first kappa shape index (κ1) is 18.6. The lowest BCUT2D eigenvalue weighted by Gasteiger charge is -1.93. The molecule has 1 fully saturated rings. The number of carboxylic acid groups (broad SMARTS) is 1. The standard InChI is InChI=1S/C6H10O2.C4H2O3.C4H6O2/c7-6-4-2-1-3-5-8-6;5-3-1-2-4(6)7-3;1-3(2)4(5)6/h1-5H2;1-2H;1H2,2H3,(H,5,6). The van der Waals surface area contributed by atoms with Crippen LogP contribution in [0.25, 0.3) is 0 Å². The summed E-state index contributed by atoms with van der Waals surface area (Å²) in [6.45, 7) is 5.24. The largest absolute Gasteiger partial charge is 0.478 e. The van der Waals surface area contributed by atoms with Gasteiger partial charge in [0.25, 0.3) is 0 Å². The number of esters is 3. The van der Waals surface area contributed by atoms with Crippen LogP contribution in [0.5, 0.6) is 0 Å². The SMILES string of the molecule is C=C(C)C(=O)O.O=C1C=CC(=O)O1.O=C1CCCCCO1. The molecule has 0 bridgehead atoms. The minimum Gasteiger partial charge on any atom is -0.478 e. The molecule has 2 aliphatic rings. The van der Waals surface area contributed by atoms with Crippen LogP contribution in [0.4, 0.5) is 0 Å². The smallest absolute Gasteiger partial charge is 0.338 e. The molecule has 7 nitrogen and oxygen atoms in total. The van der Waals surface area contributed by atoms with Crippen molar-refractivity contribution in [1.82, 2.24) is 0 Å². The zero-order chi connectivity index (χ0) is 16.3. The molecular weight excluding hydrogens is 280 g/mol. The van der Waals surface area contributed by atoms with Gasteiger partial charge in [0.15, 0.2) is 0 Å². The van der Waals surface area contributed by atoms with Gasteiger partial charge in [-0.25, -0.2) is 14.4 Å². The van der Waals surface area contributed by atoms with Crippen LogP contribution in [-0.4, -0.2) is 35.6 Å². The van der Waals surface area contributed by atoms with Crippen molar-refractivity contribution in [3.05, 3.63) is 24.3 Å². The van der Waals surface area contributed by atoms with Crippen LogP contribution in [0.3, 0.4) is 0 Å². The van der Waals surface area contributed by atoms with Gasteiger partial charge in [0.1, 0.15) is 0 Å². The van der Waals surface area contributed by atoms with Crippen LogP contribution in [0.15, 0.2) is 24.3 Å². The molecule has 21 heavy (non-hydrogen) atoms. The van der Waals surface area contributed by atoms with E-state index in [-0.39, 0.29) is 11.5 Å². The molecule has 2 aliphatic heterocycles. The first-order valence-corrected chi connectivity index (χ1v) is 6.31. The number of ether oxygens (including phenoxy) is 2. The van der Waals surface area contributed by atoms with Gasteiger partial charge < -0.3 is 14.6 Å². The Balaban J connectivity index is 0.000000290. The Bertz CT molecular complexity index is 410. The number of carboxylic acids is 1. The first-order chi connectivity index (χ1) is 9.82. The quantitative estimate of drug-likeness (QED) is 0.442. The molecule has 0 aromatic heterocycles. The third-order valence-corrected chi connectivity index (χ3v) is 2.21. The minimum absolute atomic E-state index is 0.0255. The number of cyclic esters (lactones) is 3. The minimum atomic E-state index is -0.935. The van der Waals surface area contributed by atoms with Gasteiger partial charge in [-0.3, -0.25) is 4.79 Å². The van der Waals surface area contributed by atoms with Crippen LogP contribution in [-0.2, 0) is 28.7 Å². The number of carbonyl (C=O) groups is 4. The molecule has 1 saturated heterocycles.